The molecular weight excluding hydrogens is 324 g/mol. The third-order valence-corrected chi connectivity index (χ3v) is 4.98. The lowest BCUT2D eigenvalue weighted by atomic mass is 10.0. The van der Waals surface area contributed by atoms with Gasteiger partial charge in [0.25, 0.3) is 0 Å². The first kappa shape index (κ1) is 16.9. The van der Waals surface area contributed by atoms with Gasteiger partial charge in [0.2, 0.25) is 0 Å². The highest BCUT2D eigenvalue weighted by molar-refractivity contribution is 7.13. The van der Waals surface area contributed by atoms with Crippen molar-refractivity contribution >= 4 is 22.5 Å². The Kier molecular flexibility index (Phi) is 5.44. The first-order valence-electron chi connectivity index (χ1n) is 7.93. The molecule has 6 nitrogen and oxygen atoms in total. The highest BCUT2D eigenvalue weighted by atomic mass is 32.1. The molecule has 3 rings (SSSR count). The average molecular weight is 346 g/mol. The number of rotatable bonds is 5. The van der Waals surface area contributed by atoms with Gasteiger partial charge in [-0.3, -0.25) is 10.2 Å². The van der Waals surface area contributed by atoms with Gasteiger partial charge in [-0.05, 0) is 19.0 Å². The molecule has 2 amide bonds. The number of urea groups is 1. The van der Waals surface area contributed by atoms with Crippen molar-refractivity contribution in [2.75, 3.05) is 26.0 Å². The highest BCUT2D eigenvalue weighted by Crippen LogP contribution is 2.30. The number of thiazole rings is 1. The van der Waals surface area contributed by atoms with E-state index in [0.29, 0.717) is 11.7 Å². The number of carbonyl (C=O) groups excluding carboxylic acids is 1. The highest BCUT2D eigenvalue weighted by Gasteiger charge is 2.33. The Morgan fingerprint density at radius 2 is 2.21 bits per heavy atom. The minimum Gasteiger partial charge on any atom is -0.378 e. The lowest BCUT2D eigenvalue weighted by molar-refractivity contribution is 0.182. The summed E-state index contributed by atoms with van der Waals surface area (Å²) in [6.07, 6.45) is 0.927. The van der Waals surface area contributed by atoms with Crippen LogP contribution in [0.2, 0.25) is 0 Å². The Hall–Kier alpha value is -1.96. The average Bonchev–Trinajstić information content (AvgIpc) is 3.15. The number of nitrogens with zero attached hydrogens (tertiary/aromatic N) is 2. The molecule has 1 aliphatic rings. The van der Waals surface area contributed by atoms with Gasteiger partial charge < -0.3 is 10.1 Å². The Balaban J connectivity index is 1.62. The molecule has 0 saturated carbocycles. The van der Waals surface area contributed by atoms with Crippen LogP contribution in [0.5, 0.6) is 0 Å². The number of methoxy groups -OCH3 is 1. The summed E-state index contributed by atoms with van der Waals surface area (Å²) < 4.78 is 5.04. The summed E-state index contributed by atoms with van der Waals surface area (Å²) in [6, 6.07) is 10.3. The maximum absolute atomic E-state index is 12.3. The Bertz CT molecular complexity index is 676. The summed E-state index contributed by atoms with van der Waals surface area (Å²) in [7, 11) is 3.72. The minimum absolute atomic E-state index is 0.0795. The SMILES string of the molecule is COCc1csc(NC(=O)N[C@H]2CCN(C)[C@H]2c2ccccc2)n1. The van der Waals surface area contributed by atoms with Crippen LogP contribution in [-0.2, 0) is 11.3 Å². The lowest BCUT2D eigenvalue weighted by Gasteiger charge is -2.26. The van der Waals surface area contributed by atoms with Crippen LogP contribution in [0.25, 0.3) is 0 Å². The van der Waals surface area contributed by atoms with Crippen LogP contribution in [0.15, 0.2) is 35.7 Å². The minimum atomic E-state index is -0.213. The molecule has 7 heteroatoms. The normalized spacial score (nSPS) is 20.9. The fourth-order valence-electron chi connectivity index (χ4n) is 3.12. The van der Waals surface area contributed by atoms with E-state index < -0.39 is 0 Å². The molecule has 1 saturated heterocycles. The summed E-state index contributed by atoms with van der Waals surface area (Å²) in [5, 5.41) is 8.38. The second-order valence-electron chi connectivity index (χ2n) is 5.91. The van der Waals surface area contributed by atoms with Crippen LogP contribution in [-0.4, -0.2) is 42.7 Å². The smallest absolute Gasteiger partial charge is 0.321 e. The van der Waals surface area contributed by atoms with Crippen LogP contribution in [0.4, 0.5) is 9.93 Å². The number of aromatic nitrogens is 1. The first-order chi connectivity index (χ1) is 11.7. The molecule has 2 atom stereocenters. The topological polar surface area (TPSA) is 66.5 Å². The summed E-state index contributed by atoms with van der Waals surface area (Å²) in [6.45, 7) is 1.41. The van der Waals surface area contributed by atoms with Crippen molar-refractivity contribution in [3.8, 4) is 0 Å². The zero-order chi connectivity index (χ0) is 16.9. The number of anilines is 1. The molecule has 0 bridgehead atoms. The second-order valence-corrected chi connectivity index (χ2v) is 6.76. The van der Waals surface area contributed by atoms with E-state index in [0.717, 1.165) is 18.7 Å². The third-order valence-electron chi connectivity index (χ3n) is 4.17. The maximum Gasteiger partial charge on any atom is 0.321 e. The predicted molar refractivity (Wildman–Crippen MR) is 95.2 cm³/mol. The molecule has 0 radical (unpaired) electrons. The Morgan fingerprint density at radius 1 is 1.42 bits per heavy atom. The molecule has 2 aromatic rings. The Labute approximate surface area is 145 Å². The monoisotopic (exact) mass is 346 g/mol. The number of amides is 2. The first-order valence-corrected chi connectivity index (χ1v) is 8.81. The summed E-state index contributed by atoms with van der Waals surface area (Å²) in [5.74, 6) is 0. The van der Waals surface area contributed by atoms with E-state index in [1.165, 1.54) is 16.9 Å². The standard InChI is InChI=1S/C17H22N4O2S/c1-21-9-8-14(15(21)12-6-4-3-5-7-12)19-16(22)20-17-18-13(10-23-2)11-24-17/h3-7,11,14-15H,8-10H2,1-2H3,(H2,18,19,20,22)/t14-,15-/m0/s1. The van der Waals surface area contributed by atoms with Gasteiger partial charge in [-0.2, -0.15) is 0 Å². The third kappa shape index (κ3) is 3.92. The fourth-order valence-corrected chi connectivity index (χ4v) is 3.81. The van der Waals surface area contributed by atoms with Crippen molar-refractivity contribution < 1.29 is 9.53 Å². The number of nitrogens with one attached hydrogen (secondary N) is 2. The van der Waals surface area contributed by atoms with Crippen molar-refractivity contribution in [2.24, 2.45) is 0 Å². The van der Waals surface area contributed by atoms with Gasteiger partial charge in [-0.1, -0.05) is 30.3 Å². The van der Waals surface area contributed by atoms with Crippen molar-refractivity contribution in [2.45, 2.75) is 25.1 Å². The number of hydrogen-bond acceptors (Lipinski definition) is 5. The molecule has 0 spiro atoms. The van der Waals surface area contributed by atoms with E-state index in [2.05, 4.69) is 39.7 Å². The van der Waals surface area contributed by atoms with Crippen LogP contribution in [0, 0.1) is 0 Å². The molecule has 0 unspecified atom stereocenters. The Morgan fingerprint density at radius 3 is 2.96 bits per heavy atom. The number of likely N-dealkylation sites (N-methyl/N-ethyl adjacent to an activating group) is 1. The zero-order valence-electron chi connectivity index (χ0n) is 13.9. The van der Waals surface area contributed by atoms with Gasteiger partial charge in [0, 0.05) is 19.0 Å². The lowest BCUT2D eigenvalue weighted by Crippen LogP contribution is -2.41. The molecule has 1 aromatic heterocycles. The van der Waals surface area contributed by atoms with E-state index in [1.54, 1.807) is 7.11 Å². The van der Waals surface area contributed by atoms with E-state index in [-0.39, 0.29) is 18.1 Å². The van der Waals surface area contributed by atoms with Gasteiger partial charge in [0.1, 0.15) is 0 Å². The molecule has 2 heterocycles. The van der Waals surface area contributed by atoms with Gasteiger partial charge in [0.05, 0.1) is 24.4 Å². The van der Waals surface area contributed by atoms with Gasteiger partial charge in [-0.25, -0.2) is 9.78 Å². The molecule has 24 heavy (non-hydrogen) atoms. The van der Waals surface area contributed by atoms with Crippen LogP contribution >= 0.6 is 11.3 Å². The van der Waals surface area contributed by atoms with E-state index in [9.17, 15) is 4.79 Å². The van der Waals surface area contributed by atoms with E-state index in [1.807, 2.05) is 23.6 Å². The molecule has 1 aromatic carbocycles. The van der Waals surface area contributed by atoms with Gasteiger partial charge in [-0.15, -0.1) is 11.3 Å². The van der Waals surface area contributed by atoms with Crippen molar-refractivity contribution in [3.63, 3.8) is 0 Å². The number of ether oxygens (including phenoxy) is 1. The van der Waals surface area contributed by atoms with Crippen LogP contribution in [0.3, 0.4) is 0 Å². The van der Waals surface area contributed by atoms with Crippen LogP contribution in [0.1, 0.15) is 23.7 Å². The number of benzene rings is 1. The molecule has 0 aliphatic carbocycles. The summed E-state index contributed by atoms with van der Waals surface area (Å²) >= 11 is 1.40. The number of carbonyl (C=O) groups is 1. The molecule has 128 valence electrons. The van der Waals surface area contributed by atoms with E-state index in [4.69, 9.17) is 4.74 Å². The van der Waals surface area contributed by atoms with Gasteiger partial charge >= 0.3 is 6.03 Å². The van der Waals surface area contributed by atoms with Crippen molar-refractivity contribution in [1.82, 2.24) is 15.2 Å². The number of hydrogen-bond donors (Lipinski definition) is 2. The maximum atomic E-state index is 12.3. The summed E-state index contributed by atoms with van der Waals surface area (Å²) in [5.41, 5.74) is 2.04. The fraction of sp³-hybridized carbons (Fsp3) is 0.412. The number of likely N-dealkylation sites (tertiary alicyclic amines) is 1. The summed E-state index contributed by atoms with van der Waals surface area (Å²) in [4.78, 5) is 18.9. The largest absolute Gasteiger partial charge is 0.378 e. The van der Waals surface area contributed by atoms with Gasteiger partial charge in [0.15, 0.2) is 5.13 Å². The zero-order valence-corrected chi connectivity index (χ0v) is 14.7. The van der Waals surface area contributed by atoms with E-state index >= 15 is 0 Å². The van der Waals surface area contributed by atoms with Crippen LogP contribution < -0.4 is 10.6 Å². The predicted octanol–water partition coefficient (Wildman–Crippen LogP) is 2.86. The molecule has 2 N–H and O–H groups in total. The van der Waals surface area contributed by atoms with Crippen molar-refractivity contribution in [3.05, 3.63) is 47.0 Å². The van der Waals surface area contributed by atoms with Crippen molar-refractivity contribution in [1.29, 1.82) is 0 Å². The molecule has 1 fully saturated rings. The molecular formula is C17H22N4O2S. The second kappa shape index (κ2) is 7.74. The molecule has 1 aliphatic heterocycles. The quantitative estimate of drug-likeness (QED) is 0.874.